The Balaban J connectivity index is 1.64. The van der Waals surface area contributed by atoms with Gasteiger partial charge in [-0.25, -0.2) is 9.48 Å². The van der Waals surface area contributed by atoms with Crippen molar-refractivity contribution in [3.05, 3.63) is 71.4 Å². The van der Waals surface area contributed by atoms with Gasteiger partial charge in [0.1, 0.15) is 5.69 Å². The average Bonchev–Trinajstić information content (AvgIpc) is 3.48. The second-order valence-corrected chi connectivity index (χ2v) is 9.94. The molecule has 0 aliphatic carbocycles. The molecule has 2 aromatic carbocycles. The third-order valence-electron chi connectivity index (χ3n) is 6.47. The van der Waals surface area contributed by atoms with E-state index in [0.717, 1.165) is 42.7 Å². The van der Waals surface area contributed by atoms with E-state index in [-0.39, 0.29) is 21.3 Å². The molecule has 0 bridgehead atoms. The molecular weight excluding hydrogens is 511 g/mol. The van der Waals surface area contributed by atoms with E-state index >= 15 is 0 Å². The van der Waals surface area contributed by atoms with E-state index in [1.165, 1.54) is 16.8 Å². The number of aliphatic imine (C=N–C) groups is 1. The molecule has 3 heterocycles. The molecule has 2 aromatic heterocycles. The molecule has 1 aliphatic heterocycles. The molecule has 0 radical (unpaired) electrons. The van der Waals surface area contributed by atoms with Crippen LogP contribution in [0.25, 0.3) is 16.7 Å². The van der Waals surface area contributed by atoms with Crippen LogP contribution in [-0.4, -0.2) is 38.2 Å². The van der Waals surface area contributed by atoms with Crippen molar-refractivity contribution >= 4 is 63.4 Å². The quantitative estimate of drug-likeness (QED) is 0.376. The first-order valence-electron chi connectivity index (χ1n) is 11.1. The van der Waals surface area contributed by atoms with Crippen LogP contribution in [-0.2, 0) is 14.1 Å². The number of nitrogens with one attached hydrogen (secondary N) is 1. The van der Waals surface area contributed by atoms with Gasteiger partial charge in [-0.15, -0.1) is 0 Å². The number of aromatic nitrogens is 4. The number of aromatic amines is 1. The van der Waals surface area contributed by atoms with Crippen LogP contribution in [0, 0.1) is 6.92 Å². The zero-order valence-electron chi connectivity index (χ0n) is 19.4. The van der Waals surface area contributed by atoms with Crippen molar-refractivity contribution in [3.8, 4) is 5.69 Å². The molecule has 5 rings (SSSR count). The van der Waals surface area contributed by atoms with Gasteiger partial charge < -0.3 is 4.90 Å². The molecule has 4 aromatic rings. The first kappa shape index (κ1) is 23.8. The summed E-state index contributed by atoms with van der Waals surface area (Å²) in [7, 11) is 3.50. The zero-order valence-corrected chi connectivity index (χ0v) is 21.7. The molecule has 0 amide bonds. The van der Waals surface area contributed by atoms with Crippen molar-refractivity contribution < 1.29 is 0 Å². The molecule has 1 aliphatic rings. The lowest BCUT2D eigenvalue weighted by Gasteiger charge is -2.20. The van der Waals surface area contributed by atoms with Gasteiger partial charge >= 0.3 is 5.69 Å². The Morgan fingerprint density at radius 3 is 2.17 bits per heavy atom. The maximum Gasteiger partial charge on any atom is 0.328 e. The molecule has 0 saturated carbocycles. The highest BCUT2D eigenvalue weighted by atomic mass is 35.5. The lowest BCUT2D eigenvalue weighted by molar-refractivity contribution is 0.795. The molecule has 35 heavy (non-hydrogen) atoms. The van der Waals surface area contributed by atoms with Crippen molar-refractivity contribution in [3.63, 3.8) is 0 Å². The number of fused-ring (bicyclic) bond motifs is 1. The number of benzene rings is 2. The topological polar surface area (TPSA) is 80.3 Å². The van der Waals surface area contributed by atoms with Gasteiger partial charge in [-0.2, -0.15) is 0 Å². The molecule has 0 spiro atoms. The molecule has 1 saturated heterocycles. The third kappa shape index (κ3) is 3.99. The van der Waals surface area contributed by atoms with Crippen molar-refractivity contribution in [2.75, 3.05) is 18.0 Å². The van der Waals surface area contributed by atoms with Gasteiger partial charge in [-0.05, 0) is 44.0 Å². The van der Waals surface area contributed by atoms with Gasteiger partial charge in [0.25, 0.3) is 5.56 Å². The Labute approximate surface area is 215 Å². The Morgan fingerprint density at radius 2 is 1.54 bits per heavy atom. The average molecular weight is 534 g/mol. The Hall–Kier alpha value is -2.94. The van der Waals surface area contributed by atoms with Crippen LogP contribution in [0.15, 0.2) is 38.8 Å². The summed E-state index contributed by atoms with van der Waals surface area (Å²) in [5.74, 6) is 0. The summed E-state index contributed by atoms with van der Waals surface area (Å²) in [5.41, 5.74) is 4.10. The Morgan fingerprint density at radius 1 is 0.943 bits per heavy atom. The molecule has 11 heteroatoms. The second kappa shape index (κ2) is 8.93. The van der Waals surface area contributed by atoms with Crippen molar-refractivity contribution in [2.24, 2.45) is 19.1 Å². The van der Waals surface area contributed by atoms with Crippen LogP contribution in [0.4, 0.5) is 11.4 Å². The molecule has 0 atom stereocenters. The molecule has 1 N–H and O–H groups in total. The standard InChI is InChI=1S/C24H23Cl3N6O2/c1-13-15(23(34)33(29-13)22-16(26)8-14(25)9-17(22)27)12-28-18-10-20-21(31(3)24(35)30(20)2)11-19(18)32-6-4-5-7-32/h8-12,29H,4-7H2,1-3H3. The van der Waals surface area contributed by atoms with E-state index in [2.05, 4.69) is 10.00 Å². The summed E-state index contributed by atoms with van der Waals surface area (Å²) < 4.78 is 4.53. The molecule has 182 valence electrons. The summed E-state index contributed by atoms with van der Waals surface area (Å²) in [4.78, 5) is 32.8. The summed E-state index contributed by atoms with van der Waals surface area (Å²) in [6, 6.07) is 6.96. The van der Waals surface area contributed by atoms with Crippen molar-refractivity contribution in [1.82, 2.24) is 18.9 Å². The highest BCUT2D eigenvalue weighted by Gasteiger charge is 2.20. The van der Waals surface area contributed by atoms with E-state index in [4.69, 9.17) is 39.8 Å². The van der Waals surface area contributed by atoms with Gasteiger partial charge in [0, 0.05) is 44.1 Å². The fraction of sp³-hybridized carbons (Fsp3) is 0.292. The summed E-state index contributed by atoms with van der Waals surface area (Å²) in [6.07, 6.45) is 3.74. The molecule has 1 fully saturated rings. The predicted octanol–water partition coefficient (Wildman–Crippen LogP) is 4.98. The van der Waals surface area contributed by atoms with Crippen LogP contribution < -0.4 is 16.1 Å². The second-order valence-electron chi connectivity index (χ2n) is 8.69. The number of anilines is 1. The van der Waals surface area contributed by atoms with Gasteiger partial charge in [0.05, 0.1) is 38.0 Å². The fourth-order valence-electron chi connectivity index (χ4n) is 4.59. The normalized spacial score (nSPS) is 14.2. The van der Waals surface area contributed by atoms with Crippen LogP contribution in [0.5, 0.6) is 0 Å². The highest BCUT2D eigenvalue weighted by molar-refractivity contribution is 6.40. The summed E-state index contributed by atoms with van der Waals surface area (Å²) in [6.45, 7) is 3.61. The van der Waals surface area contributed by atoms with E-state index in [9.17, 15) is 9.59 Å². The van der Waals surface area contributed by atoms with Crippen LogP contribution >= 0.6 is 34.8 Å². The predicted molar refractivity (Wildman–Crippen MR) is 143 cm³/mol. The smallest absolute Gasteiger partial charge is 0.328 e. The molecule has 0 unspecified atom stereocenters. The Kier molecular flexibility index (Phi) is 6.07. The van der Waals surface area contributed by atoms with Crippen LogP contribution in [0.2, 0.25) is 15.1 Å². The number of rotatable bonds is 4. The van der Waals surface area contributed by atoms with Crippen LogP contribution in [0.3, 0.4) is 0 Å². The minimum atomic E-state index is -0.340. The number of imidazole rings is 1. The number of halogens is 3. The maximum atomic E-state index is 13.3. The fourth-order valence-corrected chi connectivity index (χ4v) is 5.58. The number of nitrogens with zero attached hydrogens (tertiary/aromatic N) is 5. The van der Waals surface area contributed by atoms with E-state index in [0.29, 0.717) is 27.7 Å². The first-order valence-corrected chi connectivity index (χ1v) is 12.3. The lowest BCUT2D eigenvalue weighted by atomic mass is 10.2. The molecule has 8 nitrogen and oxygen atoms in total. The Bertz CT molecular complexity index is 1600. The summed E-state index contributed by atoms with van der Waals surface area (Å²) >= 11 is 18.7. The molecular formula is C24H23Cl3N6O2. The number of H-pyrrole nitrogens is 1. The third-order valence-corrected chi connectivity index (χ3v) is 7.26. The van der Waals surface area contributed by atoms with Gasteiger partial charge in [-0.1, -0.05) is 34.8 Å². The number of hydrogen-bond acceptors (Lipinski definition) is 4. The first-order chi connectivity index (χ1) is 16.7. The number of hydrogen-bond donors (Lipinski definition) is 1. The highest BCUT2D eigenvalue weighted by Crippen LogP contribution is 2.35. The summed E-state index contributed by atoms with van der Waals surface area (Å²) in [5, 5.41) is 3.91. The van der Waals surface area contributed by atoms with E-state index in [1.54, 1.807) is 36.4 Å². The SMILES string of the molecule is Cc1[nH]n(-c2c(Cl)cc(Cl)cc2Cl)c(=O)c1C=Nc1cc2c(cc1N1CCCC1)n(C)c(=O)n2C. The maximum absolute atomic E-state index is 13.3. The largest absolute Gasteiger partial charge is 0.370 e. The van der Waals surface area contributed by atoms with Gasteiger partial charge in [-0.3, -0.25) is 24.0 Å². The van der Waals surface area contributed by atoms with Gasteiger partial charge in [0.15, 0.2) is 0 Å². The van der Waals surface area contributed by atoms with E-state index < -0.39 is 0 Å². The van der Waals surface area contributed by atoms with E-state index in [1.807, 2.05) is 12.1 Å². The zero-order chi connectivity index (χ0) is 25.0. The van der Waals surface area contributed by atoms with Crippen molar-refractivity contribution in [1.29, 1.82) is 0 Å². The minimum absolute atomic E-state index is 0.102. The van der Waals surface area contributed by atoms with Gasteiger partial charge in [0.2, 0.25) is 0 Å². The van der Waals surface area contributed by atoms with Crippen molar-refractivity contribution in [2.45, 2.75) is 19.8 Å². The number of aryl methyl sites for hydroxylation is 3. The van der Waals surface area contributed by atoms with Crippen LogP contribution in [0.1, 0.15) is 24.1 Å². The monoisotopic (exact) mass is 532 g/mol. The lowest BCUT2D eigenvalue weighted by Crippen LogP contribution is -2.19. The minimum Gasteiger partial charge on any atom is -0.370 e.